The van der Waals surface area contributed by atoms with Gasteiger partial charge in [-0.2, -0.15) is 0 Å². The highest BCUT2D eigenvalue weighted by Crippen LogP contribution is 2.41. The van der Waals surface area contributed by atoms with Crippen LogP contribution in [0.2, 0.25) is 0 Å². The Labute approximate surface area is 409 Å². The molecule has 0 aromatic heterocycles. The number of carboxylic acids is 2. The Kier molecular flexibility index (Phi) is 17.7. The topological polar surface area (TPSA) is 130 Å². The van der Waals surface area contributed by atoms with E-state index in [0.717, 1.165) is 73.6 Å². The van der Waals surface area contributed by atoms with E-state index in [2.05, 4.69) is 13.8 Å². The zero-order valence-corrected chi connectivity index (χ0v) is 40.4. The summed E-state index contributed by atoms with van der Waals surface area (Å²) in [7, 11) is 3.11. The number of ether oxygens (including phenoxy) is 6. The van der Waals surface area contributed by atoms with Gasteiger partial charge in [0.1, 0.15) is 59.3 Å². The number of carboxylic acid groups (broad SMARTS) is 2. The largest absolute Gasteiger partial charge is 0.497 e. The fourth-order valence-electron chi connectivity index (χ4n) is 9.02. The molecular weight excluding hydrogens is 895 g/mol. The Balaban J connectivity index is 0.000000206. The molecule has 0 bridgehead atoms. The quantitative estimate of drug-likeness (QED) is 0.0634. The van der Waals surface area contributed by atoms with Gasteiger partial charge in [0.25, 0.3) is 0 Å². The van der Waals surface area contributed by atoms with Crippen LogP contribution in [0.5, 0.6) is 34.5 Å². The van der Waals surface area contributed by atoms with Gasteiger partial charge in [0.05, 0.1) is 40.3 Å². The van der Waals surface area contributed by atoms with Crippen molar-refractivity contribution >= 4 is 11.9 Å². The maximum Gasteiger partial charge on any atom is 0.303 e. The molecule has 0 amide bonds. The Morgan fingerprint density at radius 1 is 0.514 bits per heavy atom. The van der Waals surface area contributed by atoms with Crippen molar-refractivity contribution in [3.63, 3.8) is 0 Å². The van der Waals surface area contributed by atoms with Gasteiger partial charge in [0.15, 0.2) is 0 Å². The second-order valence-corrected chi connectivity index (χ2v) is 17.7. The van der Waals surface area contributed by atoms with Gasteiger partial charge in [0, 0.05) is 22.3 Å². The third kappa shape index (κ3) is 13.2. The van der Waals surface area contributed by atoms with Gasteiger partial charge in [-0.3, -0.25) is 9.59 Å². The van der Waals surface area contributed by atoms with Crippen LogP contribution in [-0.2, 0) is 35.6 Å². The van der Waals surface area contributed by atoms with Crippen LogP contribution in [0.4, 0.5) is 8.78 Å². The van der Waals surface area contributed by atoms with E-state index in [-0.39, 0.29) is 36.3 Å². The Morgan fingerprint density at radius 3 is 1.31 bits per heavy atom. The minimum absolute atomic E-state index is 0.0293. The summed E-state index contributed by atoms with van der Waals surface area (Å²) in [5.74, 6) is 1.57. The molecule has 6 aromatic rings. The standard InChI is InChI=1S/2C29H31FO5/c2*1-3-4-13-34-28-14-19(5-11-24(28)26-16-22(33-2)10-12-27(26)30)18-35-23-9-8-20-6-7-21(15-29(31)32)25(20)17-23/h2*5,8-12,14,16-17,21H,3-4,6-7,13,15,18H2,1-2H3,(H,31,32)/t2*21-/m10/s1. The van der Waals surface area contributed by atoms with Crippen molar-refractivity contribution in [2.24, 2.45) is 0 Å². The number of rotatable bonds is 22. The van der Waals surface area contributed by atoms with Gasteiger partial charge in [-0.05, 0) is 157 Å². The zero-order valence-electron chi connectivity index (χ0n) is 40.4. The number of methoxy groups -OCH3 is 2. The fraction of sp³-hybridized carbons (Fsp3) is 0.345. The Morgan fingerprint density at radius 2 is 0.929 bits per heavy atom. The highest BCUT2D eigenvalue weighted by Gasteiger charge is 2.27. The highest BCUT2D eigenvalue weighted by atomic mass is 19.1. The molecule has 2 aliphatic rings. The van der Waals surface area contributed by atoms with Crippen molar-refractivity contribution in [2.75, 3.05) is 27.4 Å². The number of aliphatic carboxylic acids is 2. The van der Waals surface area contributed by atoms with Gasteiger partial charge < -0.3 is 38.6 Å². The van der Waals surface area contributed by atoms with E-state index in [4.69, 9.17) is 28.4 Å². The number of halogens is 2. The predicted octanol–water partition coefficient (Wildman–Crippen LogP) is 13.5. The monoisotopic (exact) mass is 956 g/mol. The van der Waals surface area contributed by atoms with E-state index in [1.54, 1.807) is 38.5 Å². The number of unbranched alkanes of at least 4 members (excludes halogenated alkanes) is 2. The molecule has 0 saturated carbocycles. The molecule has 70 heavy (non-hydrogen) atoms. The molecule has 2 aliphatic carbocycles. The van der Waals surface area contributed by atoms with Crippen molar-refractivity contribution in [1.82, 2.24) is 0 Å². The normalized spacial score (nSPS) is 14.4. The lowest BCUT2D eigenvalue weighted by Crippen LogP contribution is -2.04. The van der Waals surface area contributed by atoms with E-state index >= 15 is 0 Å². The lowest BCUT2D eigenvalue weighted by Gasteiger charge is -2.16. The number of fused-ring (bicyclic) bond motifs is 2. The van der Waals surface area contributed by atoms with Crippen LogP contribution < -0.4 is 28.4 Å². The number of hydrogen-bond donors (Lipinski definition) is 2. The molecule has 6 aromatic carbocycles. The van der Waals surface area contributed by atoms with Crippen molar-refractivity contribution in [2.45, 2.75) is 103 Å². The number of carbonyl (C=O) groups is 2. The van der Waals surface area contributed by atoms with Crippen LogP contribution in [0.1, 0.15) is 110 Å². The molecule has 368 valence electrons. The molecule has 10 nitrogen and oxygen atoms in total. The summed E-state index contributed by atoms with van der Waals surface area (Å²) in [6.45, 7) is 5.88. The molecule has 8 rings (SSSR count). The third-order valence-electron chi connectivity index (χ3n) is 12.8. The van der Waals surface area contributed by atoms with Gasteiger partial charge in [-0.25, -0.2) is 8.78 Å². The molecule has 0 fully saturated rings. The summed E-state index contributed by atoms with van der Waals surface area (Å²) in [6, 6.07) is 32.5. The summed E-state index contributed by atoms with van der Waals surface area (Å²) in [5.41, 5.74) is 8.48. The number of hydrogen-bond acceptors (Lipinski definition) is 8. The second-order valence-electron chi connectivity index (χ2n) is 17.7. The molecule has 2 N–H and O–H groups in total. The molecule has 0 aliphatic heterocycles. The number of aryl methyl sites for hydroxylation is 2. The molecule has 0 unspecified atom stereocenters. The minimum atomic E-state index is -0.780. The predicted molar refractivity (Wildman–Crippen MR) is 266 cm³/mol. The first-order valence-electron chi connectivity index (χ1n) is 24.1. The molecule has 12 heteroatoms. The van der Waals surface area contributed by atoms with Crippen molar-refractivity contribution in [3.05, 3.63) is 154 Å². The summed E-state index contributed by atoms with van der Waals surface area (Å²) >= 11 is 0. The highest BCUT2D eigenvalue weighted by molar-refractivity contribution is 5.74. The first-order chi connectivity index (χ1) is 34.0. The van der Waals surface area contributed by atoms with Crippen LogP contribution in [-0.4, -0.2) is 49.6 Å². The maximum atomic E-state index is 14.7. The van der Waals surface area contributed by atoms with E-state index in [1.165, 1.54) is 23.3 Å². The molecule has 0 saturated heterocycles. The average Bonchev–Trinajstić information content (AvgIpc) is 3.95. The molecule has 0 radical (unpaired) electrons. The van der Waals surface area contributed by atoms with Crippen molar-refractivity contribution in [1.29, 1.82) is 0 Å². The number of benzene rings is 6. The first-order valence-corrected chi connectivity index (χ1v) is 24.1. The van der Waals surface area contributed by atoms with Crippen LogP contribution in [0.25, 0.3) is 22.3 Å². The fourth-order valence-corrected chi connectivity index (χ4v) is 9.02. The zero-order chi connectivity index (χ0) is 49.6. The van der Waals surface area contributed by atoms with Crippen LogP contribution in [0, 0.1) is 11.6 Å². The molecule has 2 atom stereocenters. The van der Waals surface area contributed by atoms with Crippen LogP contribution in [0.3, 0.4) is 0 Å². The van der Waals surface area contributed by atoms with E-state index in [1.807, 2.05) is 72.8 Å². The van der Waals surface area contributed by atoms with Crippen LogP contribution >= 0.6 is 0 Å². The summed E-state index contributed by atoms with van der Waals surface area (Å²) in [5, 5.41) is 18.4. The second kappa shape index (κ2) is 24.5. The molecule has 0 spiro atoms. The van der Waals surface area contributed by atoms with Gasteiger partial charge >= 0.3 is 11.9 Å². The van der Waals surface area contributed by atoms with Crippen molar-refractivity contribution in [3.8, 4) is 56.8 Å². The first kappa shape index (κ1) is 50.8. The lowest BCUT2D eigenvalue weighted by molar-refractivity contribution is -0.138. The maximum absolute atomic E-state index is 14.7. The van der Waals surface area contributed by atoms with Gasteiger partial charge in [0.2, 0.25) is 0 Å². The Hall–Kier alpha value is -7.08. The summed E-state index contributed by atoms with van der Waals surface area (Å²) in [4.78, 5) is 22.4. The van der Waals surface area contributed by atoms with Crippen molar-refractivity contribution < 1.29 is 57.0 Å². The molecule has 0 heterocycles. The average molecular weight is 957 g/mol. The molecular formula is C58H62F2O10. The SMILES string of the molecule is CCCCOc1cc(COc2ccc3c(c2)[C@@H](CC(=O)O)CC3)ccc1-c1cc(OC)ccc1F.CCCCOc1cc(COc2ccc3c(c2)[C@H](CC(=O)O)CC3)ccc1-c1cc(OC)ccc1F. The smallest absolute Gasteiger partial charge is 0.303 e. The van der Waals surface area contributed by atoms with E-state index in [9.17, 15) is 28.6 Å². The summed E-state index contributed by atoms with van der Waals surface area (Å²) in [6.07, 6.45) is 7.55. The third-order valence-corrected chi connectivity index (χ3v) is 12.8. The van der Waals surface area contributed by atoms with Gasteiger partial charge in [-0.15, -0.1) is 0 Å². The van der Waals surface area contributed by atoms with E-state index in [0.29, 0.717) is 83.2 Å². The Bertz CT molecular complexity index is 2570. The van der Waals surface area contributed by atoms with E-state index < -0.39 is 11.9 Å². The van der Waals surface area contributed by atoms with Gasteiger partial charge in [-0.1, -0.05) is 63.1 Å². The lowest BCUT2D eigenvalue weighted by atomic mass is 9.98. The summed E-state index contributed by atoms with van der Waals surface area (Å²) < 4.78 is 64.1. The van der Waals surface area contributed by atoms with Crippen LogP contribution in [0.15, 0.2) is 109 Å². The minimum Gasteiger partial charge on any atom is -0.497 e.